The fraction of sp³-hybridized carbons (Fsp3) is 0.467. The molecule has 3 heteroatoms. The molecule has 0 fully saturated rings. The monoisotopic (exact) mass is 244 g/mol. The third kappa shape index (κ3) is 3.89. The van der Waals surface area contributed by atoms with Crippen molar-refractivity contribution in [2.45, 2.75) is 40.0 Å². The Kier molecular flexibility index (Phi) is 4.91. The lowest BCUT2D eigenvalue weighted by Gasteiger charge is -2.15. The van der Waals surface area contributed by atoms with Crippen molar-refractivity contribution in [2.75, 3.05) is 5.32 Å². The Bertz CT molecular complexity index is 441. The lowest BCUT2D eigenvalue weighted by atomic mass is 9.94. The molecule has 1 amide bonds. The molecule has 18 heavy (non-hydrogen) atoms. The largest absolute Gasteiger partial charge is 0.325 e. The predicted molar refractivity (Wildman–Crippen MR) is 73.1 cm³/mol. The molecule has 0 aliphatic carbocycles. The van der Waals surface area contributed by atoms with Crippen molar-refractivity contribution < 1.29 is 4.79 Å². The highest BCUT2D eigenvalue weighted by Crippen LogP contribution is 2.18. The van der Waals surface area contributed by atoms with Crippen LogP contribution in [0.5, 0.6) is 0 Å². The summed E-state index contributed by atoms with van der Waals surface area (Å²) in [5.41, 5.74) is 1.01. The topological polar surface area (TPSA) is 52.9 Å². The van der Waals surface area contributed by atoms with E-state index in [4.69, 9.17) is 5.26 Å². The second-order valence-electron chi connectivity index (χ2n) is 4.99. The van der Waals surface area contributed by atoms with E-state index in [0.29, 0.717) is 0 Å². The van der Waals surface area contributed by atoms with Crippen LogP contribution in [0.25, 0.3) is 0 Å². The van der Waals surface area contributed by atoms with Crippen LogP contribution in [-0.4, -0.2) is 5.91 Å². The zero-order valence-electron chi connectivity index (χ0n) is 11.3. The summed E-state index contributed by atoms with van der Waals surface area (Å²) in [7, 11) is 0. The maximum atomic E-state index is 11.8. The molecular weight excluding hydrogens is 224 g/mol. The number of nitrogens with zero attached hydrogens (tertiary/aromatic N) is 1. The molecule has 0 unspecified atom stereocenters. The van der Waals surface area contributed by atoms with Crippen molar-refractivity contribution in [1.82, 2.24) is 0 Å². The zero-order chi connectivity index (χ0) is 13.6. The van der Waals surface area contributed by atoms with E-state index in [1.54, 1.807) is 13.8 Å². The number of hydrogen-bond donors (Lipinski definition) is 1. The maximum Gasteiger partial charge on any atom is 0.244 e. The van der Waals surface area contributed by atoms with Crippen LogP contribution >= 0.6 is 0 Å². The number of carbonyl (C=O) groups excluding carboxylic acids is 1. The van der Waals surface area contributed by atoms with Crippen molar-refractivity contribution in [3.63, 3.8) is 0 Å². The number of carbonyl (C=O) groups is 1. The van der Waals surface area contributed by atoms with Gasteiger partial charge in [-0.25, -0.2) is 0 Å². The molecular formula is C15H20N2O. The summed E-state index contributed by atoms with van der Waals surface area (Å²) < 4.78 is 0. The minimum atomic E-state index is -0.999. The second kappa shape index (κ2) is 6.20. The number of nitrogens with one attached hydrogen (secondary N) is 1. The first-order valence-electron chi connectivity index (χ1n) is 6.31. The number of hydrogen-bond acceptors (Lipinski definition) is 2. The molecule has 1 N–H and O–H groups in total. The fourth-order valence-electron chi connectivity index (χ4n) is 1.47. The highest BCUT2D eigenvalue weighted by molar-refractivity contribution is 5.96. The molecule has 0 atom stereocenters. The van der Waals surface area contributed by atoms with Crippen molar-refractivity contribution in [2.24, 2.45) is 5.41 Å². The summed E-state index contributed by atoms with van der Waals surface area (Å²) in [5.74, 6) is -0.272. The SMILES string of the molecule is CCCCc1ccc(NC(=O)C(C)(C)C#N)cc1. The Morgan fingerprint density at radius 2 is 1.94 bits per heavy atom. The number of benzene rings is 1. The summed E-state index contributed by atoms with van der Waals surface area (Å²) in [6.45, 7) is 5.38. The van der Waals surface area contributed by atoms with Gasteiger partial charge in [0.2, 0.25) is 5.91 Å². The van der Waals surface area contributed by atoms with Gasteiger partial charge in [0.15, 0.2) is 0 Å². The van der Waals surface area contributed by atoms with Crippen LogP contribution in [0, 0.1) is 16.7 Å². The normalized spacial score (nSPS) is 10.8. The number of anilines is 1. The smallest absolute Gasteiger partial charge is 0.244 e. The van der Waals surface area contributed by atoms with E-state index < -0.39 is 5.41 Å². The highest BCUT2D eigenvalue weighted by Gasteiger charge is 2.27. The average molecular weight is 244 g/mol. The second-order valence-corrected chi connectivity index (χ2v) is 4.99. The third-order valence-corrected chi connectivity index (χ3v) is 2.88. The van der Waals surface area contributed by atoms with Gasteiger partial charge in [0.25, 0.3) is 0 Å². The van der Waals surface area contributed by atoms with E-state index in [2.05, 4.69) is 12.2 Å². The number of nitriles is 1. The minimum Gasteiger partial charge on any atom is -0.325 e. The lowest BCUT2D eigenvalue weighted by Crippen LogP contribution is -2.29. The van der Waals surface area contributed by atoms with Gasteiger partial charge in [-0.2, -0.15) is 5.26 Å². The molecule has 1 aromatic rings. The van der Waals surface area contributed by atoms with Crippen molar-refractivity contribution in [1.29, 1.82) is 5.26 Å². The van der Waals surface area contributed by atoms with Crippen LogP contribution in [0.3, 0.4) is 0 Å². The van der Waals surface area contributed by atoms with E-state index in [0.717, 1.165) is 12.1 Å². The van der Waals surface area contributed by atoms with Crippen molar-refractivity contribution >= 4 is 11.6 Å². The molecule has 0 heterocycles. The van der Waals surface area contributed by atoms with Crippen LogP contribution in [0.2, 0.25) is 0 Å². The van der Waals surface area contributed by atoms with Crippen molar-refractivity contribution in [3.8, 4) is 6.07 Å². The van der Waals surface area contributed by atoms with Gasteiger partial charge in [-0.05, 0) is 44.4 Å². The van der Waals surface area contributed by atoms with Gasteiger partial charge in [0.1, 0.15) is 5.41 Å². The molecule has 0 aliphatic heterocycles. The van der Waals surface area contributed by atoms with E-state index in [9.17, 15) is 4.79 Å². The van der Waals surface area contributed by atoms with E-state index >= 15 is 0 Å². The Morgan fingerprint density at radius 1 is 1.33 bits per heavy atom. The van der Waals surface area contributed by atoms with E-state index in [1.165, 1.54) is 18.4 Å². The Labute approximate surface area is 109 Å². The van der Waals surface area contributed by atoms with Gasteiger partial charge in [0.05, 0.1) is 6.07 Å². The molecule has 96 valence electrons. The van der Waals surface area contributed by atoms with Crippen LogP contribution in [-0.2, 0) is 11.2 Å². The number of rotatable bonds is 5. The average Bonchev–Trinajstić information content (AvgIpc) is 2.37. The van der Waals surface area contributed by atoms with Crippen molar-refractivity contribution in [3.05, 3.63) is 29.8 Å². The summed E-state index contributed by atoms with van der Waals surface area (Å²) in [6.07, 6.45) is 3.41. The molecule has 0 aromatic heterocycles. The first kappa shape index (κ1) is 14.2. The summed E-state index contributed by atoms with van der Waals surface area (Å²) in [5, 5.41) is 11.6. The molecule has 0 aliphatic rings. The Morgan fingerprint density at radius 3 is 2.44 bits per heavy atom. The number of amides is 1. The standard InChI is InChI=1S/C15H20N2O/c1-4-5-6-12-7-9-13(10-8-12)17-14(18)15(2,3)11-16/h7-10H,4-6H2,1-3H3,(H,17,18). The lowest BCUT2D eigenvalue weighted by molar-refractivity contribution is -0.121. The first-order chi connectivity index (χ1) is 8.49. The molecule has 0 radical (unpaired) electrons. The summed E-state index contributed by atoms with van der Waals surface area (Å²) in [4.78, 5) is 11.8. The van der Waals surface area contributed by atoms with Gasteiger partial charge < -0.3 is 5.32 Å². The van der Waals surface area contributed by atoms with Gasteiger partial charge in [-0.1, -0.05) is 25.5 Å². The van der Waals surface area contributed by atoms with E-state index in [-0.39, 0.29) is 5.91 Å². The summed E-state index contributed by atoms with van der Waals surface area (Å²) in [6, 6.07) is 9.80. The minimum absolute atomic E-state index is 0.272. The molecule has 1 aromatic carbocycles. The first-order valence-corrected chi connectivity index (χ1v) is 6.31. The highest BCUT2D eigenvalue weighted by atomic mass is 16.2. The molecule has 0 spiro atoms. The van der Waals surface area contributed by atoms with Crippen LogP contribution < -0.4 is 5.32 Å². The van der Waals surface area contributed by atoms with Gasteiger partial charge in [-0.3, -0.25) is 4.79 Å². The maximum absolute atomic E-state index is 11.8. The summed E-state index contributed by atoms with van der Waals surface area (Å²) >= 11 is 0. The Balaban J connectivity index is 2.65. The van der Waals surface area contributed by atoms with Gasteiger partial charge >= 0.3 is 0 Å². The van der Waals surface area contributed by atoms with Gasteiger partial charge in [-0.15, -0.1) is 0 Å². The molecule has 1 rings (SSSR count). The molecule has 0 saturated carbocycles. The molecule has 3 nitrogen and oxygen atoms in total. The van der Waals surface area contributed by atoms with E-state index in [1.807, 2.05) is 30.3 Å². The van der Waals surface area contributed by atoms with Crippen LogP contribution in [0.4, 0.5) is 5.69 Å². The number of unbranched alkanes of at least 4 members (excludes halogenated alkanes) is 1. The Hall–Kier alpha value is -1.82. The molecule has 0 saturated heterocycles. The zero-order valence-corrected chi connectivity index (χ0v) is 11.3. The number of aryl methyl sites for hydroxylation is 1. The fourth-order valence-corrected chi connectivity index (χ4v) is 1.47. The third-order valence-electron chi connectivity index (χ3n) is 2.88. The predicted octanol–water partition coefficient (Wildman–Crippen LogP) is 3.52. The van der Waals surface area contributed by atoms with Crippen LogP contribution in [0.15, 0.2) is 24.3 Å². The molecule has 0 bridgehead atoms. The quantitative estimate of drug-likeness (QED) is 0.861. The van der Waals surface area contributed by atoms with Gasteiger partial charge in [0, 0.05) is 5.69 Å². The van der Waals surface area contributed by atoms with Crippen LogP contribution in [0.1, 0.15) is 39.2 Å².